The van der Waals surface area contributed by atoms with Crippen LogP contribution in [0.15, 0.2) is 0 Å². The SMILES string of the molecule is CC(C)[C@@H]1OC2[C@H](O)C(O)C2(O)C1O. The smallest absolute Gasteiger partial charge is 0.150 e. The van der Waals surface area contributed by atoms with Gasteiger partial charge in [0.2, 0.25) is 0 Å². The molecule has 1 aliphatic carbocycles. The first-order valence-electron chi connectivity index (χ1n) is 4.82. The maximum atomic E-state index is 9.89. The Balaban J connectivity index is 2.22. The van der Waals surface area contributed by atoms with Crippen molar-refractivity contribution in [2.24, 2.45) is 5.92 Å². The van der Waals surface area contributed by atoms with Crippen LogP contribution >= 0.6 is 0 Å². The molecule has 0 amide bonds. The summed E-state index contributed by atoms with van der Waals surface area (Å²) in [6.07, 6.45) is -4.94. The molecule has 0 spiro atoms. The molecule has 1 aliphatic heterocycles. The maximum absolute atomic E-state index is 9.89. The van der Waals surface area contributed by atoms with Crippen molar-refractivity contribution in [3.63, 3.8) is 0 Å². The van der Waals surface area contributed by atoms with E-state index in [2.05, 4.69) is 0 Å². The van der Waals surface area contributed by atoms with Gasteiger partial charge in [0, 0.05) is 0 Å². The fourth-order valence-electron chi connectivity index (χ4n) is 2.32. The van der Waals surface area contributed by atoms with Gasteiger partial charge in [0.15, 0.2) is 0 Å². The molecule has 5 heteroatoms. The van der Waals surface area contributed by atoms with E-state index < -0.39 is 36.1 Å². The van der Waals surface area contributed by atoms with Gasteiger partial charge in [0.1, 0.15) is 30.0 Å². The molecule has 1 saturated heterocycles. The van der Waals surface area contributed by atoms with Crippen molar-refractivity contribution in [1.29, 1.82) is 0 Å². The highest BCUT2D eigenvalue weighted by Crippen LogP contribution is 2.47. The molecular formula is C9H16O5. The Bertz CT molecular complexity index is 243. The summed E-state index contributed by atoms with van der Waals surface area (Å²) in [6, 6.07) is 0. The van der Waals surface area contributed by atoms with Crippen LogP contribution in [0.2, 0.25) is 0 Å². The first-order valence-corrected chi connectivity index (χ1v) is 4.82. The minimum absolute atomic E-state index is 0.0269. The summed E-state index contributed by atoms with van der Waals surface area (Å²) >= 11 is 0. The maximum Gasteiger partial charge on any atom is 0.150 e. The van der Waals surface area contributed by atoms with Gasteiger partial charge in [0.25, 0.3) is 0 Å². The number of hydrogen-bond acceptors (Lipinski definition) is 5. The van der Waals surface area contributed by atoms with E-state index in [1.807, 2.05) is 13.8 Å². The van der Waals surface area contributed by atoms with Crippen molar-refractivity contribution in [1.82, 2.24) is 0 Å². The zero-order valence-electron chi connectivity index (χ0n) is 8.16. The van der Waals surface area contributed by atoms with Crippen LogP contribution in [0.3, 0.4) is 0 Å². The lowest BCUT2D eigenvalue weighted by Gasteiger charge is -2.48. The first kappa shape index (κ1) is 10.3. The number of rotatable bonds is 1. The van der Waals surface area contributed by atoms with E-state index in [0.29, 0.717) is 0 Å². The van der Waals surface area contributed by atoms with E-state index in [-0.39, 0.29) is 5.92 Å². The topological polar surface area (TPSA) is 90.2 Å². The van der Waals surface area contributed by atoms with Gasteiger partial charge in [-0.3, -0.25) is 0 Å². The molecule has 6 atom stereocenters. The second-order valence-electron chi connectivity index (χ2n) is 4.53. The van der Waals surface area contributed by atoms with E-state index in [4.69, 9.17) is 4.74 Å². The fourth-order valence-corrected chi connectivity index (χ4v) is 2.32. The molecule has 4 unspecified atom stereocenters. The van der Waals surface area contributed by atoms with Gasteiger partial charge in [0.05, 0.1) is 6.10 Å². The average Bonchev–Trinajstić information content (AvgIpc) is 2.38. The molecule has 2 rings (SSSR count). The van der Waals surface area contributed by atoms with Crippen LogP contribution in [-0.2, 0) is 4.74 Å². The number of ether oxygens (including phenoxy) is 1. The van der Waals surface area contributed by atoms with Gasteiger partial charge in [-0.2, -0.15) is 0 Å². The normalized spacial score (nSPS) is 57.2. The molecule has 0 aromatic carbocycles. The summed E-state index contributed by atoms with van der Waals surface area (Å²) in [7, 11) is 0. The fraction of sp³-hybridized carbons (Fsp3) is 1.00. The molecule has 2 aliphatic rings. The van der Waals surface area contributed by atoms with Gasteiger partial charge >= 0.3 is 0 Å². The Morgan fingerprint density at radius 1 is 1.14 bits per heavy atom. The van der Waals surface area contributed by atoms with Gasteiger partial charge in [-0.1, -0.05) is 13.8 Å². The third-order valence-corrected chi connectivity index (χ3v) is 3.31. The monoisotopic (exact) mass is 204 g/mol. The third kappa shape index (κ3) is 0.963. The quantitative estimate of drug-likeness (QED) is 0.406. The van der Waals surface area contributed by atoms with Gasteiger partial charge in [-0.15, -0.1) is 0 Å². The Morgan fingerprint density at radius 3 is 2.14 bits per heavy atom. The van der Waals surface area contributed by atoms with Crippen LogP contribution in [0, 0.1) is 5.92 Å². The number of fused-ring (bicyclic) bond motifs is 1. The average molecular weight is 204 g/mol. The molecule has 1 heterocycles. The molecule has 0 bridgehead atoms. The zero-order chi connectivity index (χ0) is 10.7. The van der Waals surface area contributed by atoms with Crippen molar-refractivity contribution in [3.05, 3.63) is 0 Å². The lowest BCUT2D eigenvalue weighted by molar-refractivity contribution is -0.278. The Kier molecular flexibility index (Phi) is 2.14. The first-order chi connectivity index (χ1) is 6.40. The second-order valence-corrected chi connectivity index (χ2v) is 4.53. The van der Waals surface area contributed by atoms with Crippen molar-refractivity contribution in [3.8, 4) is 0 Å². The van der Waals surface area contributed by atoms with E-state index in [9.17, 15) is 20.4 Å². The highest BCUT2D eigenvalue weighted by Gasteiger charge is 2.72. The predicted octanol–water partition coefficient (Wildman–Crippen LogP) is -1.76. The molecule has 0 radical (unpaired) electrons. The Labute approximate surface area is 81.9 Å². The van der Waals surface area contributed by atoms with Crippen LogP contribution in [0.25, 0.3) is 0 Å². The van der Waals surface area contributed by atoms with E-state index in [1.54, 1.807) is 0 Å². The Hall–Kier alpha value is -0.200. The van der Waals surface area contributed by atoms with Crippen LogP contribution in [0.5, 0.6) is 0 Å². The summed E-state index contributed by atoms with van der Waals surface area (Å²) in [5.74, 6) is 0.0269. The van der Waals surface area contributed by atoms with Crippen molar-refractivity contribution in [2.45, 2.75) is 50.0 Å². The van der Waals surface area contributed by atoms with E-state index in [0.717, 1.165) is 0 Å². The predicted molar refractivity (Wildman–Crippen MR) is 46.5 cm³/mol. The number of aliphatic hydroxyl groups excluding tert-OH is 3. The molecule has 0 aromatic heterocycles. The molecule has 2 fully saturated rings. The number of hydrogen-bond donors (Lipinski definition) is 4. The molecule has 82 valence electrons. The van der Waals surface area contributed by atoms with Crippen molar-refractivity contribution >= 4 is 0 Å². The van der Waals surface area contributed by atoms with E-state index >= 15 is 0 Å². The van der Waals surface area contributed by atoms with Crippen LogP contribution in [0.4, 0.5) is 0 Å². The molecular weight excluding hydrogens is 188 g/mol. The largest absolute Gasteiger partial charge is 0.387 e. The van der Waals surface area contributed by atoms with Crippen LogP contribution in [-0.4, -0.2) is 56.5 Å². The zero-order valence-corrected chi connectivity index (χ0v) is 8.16. The summed E-state index contributed by atoms with van der Waals surface area (Å²) in [4.78, 5) is 0. The standard InChI is InChI=1S/C9H16O5/c1-3(2)5-7(12)9(13)6(11)4(10)8(9)14-5/h3-8,10-13H,1-2H3/t4-,5+,6?,7?,8?,9?/m1/s1. The van der Waals surface area contributed by atoms with Gasteiger partial charge < -0.3 is 25.2 Å². The summed E-state index contributed by atoms with van der Waals surface area (Å²) in [5, 5.41) is 38.3. The Morgan fingerprint density at radius 2 is 1.71 bits per heavy atom. The molecule has 4 N–H and O–H groups in total. The van der Waals surface area contributed by atoms with Crippen molar-refractivity contribution < 1.29 is 25.2 Å². The highest BCUT2D eigenvalue weighted by atomic mass is 16.6. The number of aliphatic hydroxyl groups is 4. The molecule has 1 saturated carbocycles. The van der Waals surface area contributed by atoms with Gasteiger partial charge in [-0.25, -0.2) is 0 Å². The second kappa shape index (κ2) is 2.90. The summed E-state index contributed by atoms with van der Waals surface area (Å²) in [6.45, 7) is 3.70. The van der Waals surface area contributed by atoms with Gasteiger partial charge in [-0.05, 0) is 5.92 Å². The van der Waals surface area contributed by atoms with Crippen LogP contribution in [0.1, 0.15) is 13.8 Å². The minimum Gasteiger partial charge on any atom is -0.387 e. The minimum atomic E-state index is -1.69. The molecule has 5 nitrogen and oxygen atoms in total. The lowest BCUT2D eigenvalue weighted by Crippen LogP contribution is -2.75. The molecule has 0 aromatic rings. The van der Waals surface area contributed by atoms with E-state index in [1.165, 1.54) is 0 Å². The summed E-state index contributed by atoms with van der Waals surface area (Å²) < 4.78 is 5.31. The highest BCUT2D eigenvalue weighted by molar-refractivity contribution is 5.21. The van der Waals surface area contributed by atoms with Crippen molar-refractivity contribution in [2.75, 3.05) is 0 Å². The lowest BCUT2D eigenvalue weighted by atomic mass is 9.68. The van der Waals surface area contributed by atoms with Crippen LogP contribution < -0.4 is 0 Å². The summed E-state index contributed by atoms with van der Waals surface area (Å²) in [5.41, 5.74) is -1.69. The molecule has 14 heavy (non-hydrogen) atoms. The third-order valence-electron chi connectivity index (χ3n) is 3.31.